The van der Waals surface area contributed by atoms with Crippen molar-refractivity contribution in [2.45, 2.75) is 25.4 Å². The minimum Gasteiger partial charge on any atom is -0.504 e. The lowest BCUT2D eigenvalue weighted by Crippen LogP contribution is -2.24. The van der Waals surface area contributed by atoms with Gasteiger partial charge >= 0.3 is 0 Å². The second kappa shape index (κ2) is 5.21. The van der Waals surface area contributed by atoms with Crippen molar-refractivity contribution in [1.29, 1.82) is 0 Å². The molecule has 0 aromatic heterocycles. The average molecular weight is 221 g/mol. The zero-order valence-electron chi connectivity index (χ0n) is 9.65. The topological polar surface area (TPSA) is 41.5 Å². The number of hydrogen-bond donors (Lipinski definition) is 2. The van der Waals surface area contributed by atoms with Crippen LogP contribution in [0.15, 0.2) is 24.3 Å². The first-order valence-corrected chi connectivity index (χ1v) is 5.90. The molecule has 0 aliphatic heterocycles. The summed E-state index contributed by atoms with van der Waals surface area (Å²) in [5, 5.41) is 12.8. The van der Waals surface area contributed by atoms with Crippen molar-refractivity contribution in [1.82, 2.24) is 5.32 Å². The van der Waals surface area contributed by atoms with E-state index in [1.165, 1.54) is 12.8 Å². The Morgan fingerprint density at radius 1 is 1.44 bits per heavy atom. The third-order valence-electron chi connectivity index (χ3n) is 2.97. The van der Waals surface area contributed by atoms with E-state index < -0.39 is 0 Å². The van der Waals surface area contributed by atoms with E-state index >= 15 is 0 Å². The molecule has 3 nitrogen and oxygen atoms in total. The molecule has 1 fully saturated rings. The number of para-hydroxylation sites is 2. The van der Waals surface area contributed by atoms with Gasteiger partial charge in [0.25, 0.3) is 0 Å². The second-order valence-corrected chi connectivity index (χ2v) is 4.35. The van der Waals surface area contributed by atoms with Crippen LogP contribution in [-0.2, 0) is 0 Å². The van der Waals surface area contributed by atoms with Gasteiger partial charge < -0.3 is 15.2 Å². The Labute approximate surface area is 96.4 Å². The van der Waals surface area contributed by atoms with Crippen LogP contribution in [0, 0.1) is 5.92 Å². The summed E-state index contributed by atoms with van der Waals surface area (Å²) in [6.07, 6.45) is 3.74. The van der Waals surface area contributed by atoms with Gasteiger partial charge in [0, 0.05) is 0 Å². The molecule has 1 saturated carbocycles. The van der Waals surface area contributed by atoms with Crippen LogP contribution in [-0.4, -0.2) is 24.8 Å². The molecule has 0 bridgehead atoms. The first-order valence-electron chi connectivity index (χ1n) is 5.90. The Balaban J connectivity index is 1.97. The molecule has 0 heterocycles. The number of hydrogen-bond acceptors (Lipinski definition) is 3. The van der Waals surface area contributed by atoms with Gasteiger partial charge in [0.2, 0.25) is 0 Å². The first kappa shape index (κ1) is 11.3. The zero-order chi connectivity index (χ0) is 11.4. The summed E-state index contributed by atoms with van der Waals surface area (Å²) in [6.45, 7) is 0.953. The monoisotopic (exact) mass is 221 g/mol. The van der Waals surface area contributed by atoms with Crippen molar-refractivity contribution in [2.75, 3.05) is 13.6 Å². The van der Waals surface area contributed by atoms with Crippen LogP contribution in [0.5, 0.6) is 11.5 Å². The Hall–Kier alpha value is -1.22. The van der Waals surface area contributed by atoms with E-state index in [1.54, 1.807) is 6.07 Å². The number of rotatable bonds is 6. The van der Waals surface area contributed by atoms with Crippen molar-refractivity contribution in [3.8, 4) is 11.5 Å². The molecule has 0 radical (unpaired) electrons. The number of aromatic hydroxyl groups is 1. The molecule has 2 N–H and O–H groups in total. The van der Waals surface area contributed by atoms with E-state index in [0.29, 0.717) is 11.7 Å². The van der Waals surface area contributed by atoms with Gasteiger partial charge in [0.1, 0.15) is 6.10 Å². The Bertz CT molecular complexity index is 336. The zero-order valence-corrected chi connectivity index (χ0v) is 9.65. The van der Waals surface area contributed by atoms with Gasteiger partial charge in [0.05, 0.1) is 0 Å². The molecule has 0 saturated heterocycles. The van der Waals surface area contributed by atoms with Gasteiger partial charge in [-0.25, -0.2) is 0 Å². The van der Waals surface area contributed by atoms with Crippen molar-refractivity contribution in [3.63, 3.8) is 0 Å². The highest BCUT2D eigenvalue weighted by Gasteiger charge is 2.32. The molecule has 0 spiro atoms. The Kier molecular flexibility index (Phi) is 3.67. The van der Waals surface area contributed by atoms with E-state index in [0.717, 1.165) is 13.0 Å². The lowest BCUT2D eigenvalue weighted by molar-refractivity contribution is 0.162. The van der Waals surface area contributed by atoms with E-state index in [2.05, 4.69) is 5.32 Å². The summed E-state index contributed by atoms with van der Waals surface area (Å²) < 4.78 is 5.88. The molecule has 1 aromatic rings. The standard InChI is InChI=1S/C13H19NO2/c1-14-9-8-12(10-6-7-10)16-13-5-3-2-4-11(13)15/h2-5,10,12,14-15H,6-9H2,1H3. The number of phenols is 1. The molecule has 1 aliphatic rings. The summed E-state index contributed by atoms with van der Waals surface area (Å²) in [5.74, 6) is 1.51. The highest BCUT2D eigenvalue weighted by molar-refractivity contribution is 5.38. The first-order chi connectivity index (χ1) is 7.81. The van der Waals surface area contributed by atoms with Crippen molar-refractivity contribution >= 4 is 0 Å². The Morgan fingerprint density at radius 3 is 2.81 bits per heavy atom. The maximum atomic E-state index is 9.65. The van der Waals surface area contributed by atoms with Crippen LogP contribution in [0.25, 0.3) is 0 Å². The predicted molar refractivity (Wildman–Crippen MR) is 63.8 cm³/mol. The summed E-state index contributed by atoms with van der Waals surface area (Å²) >= 11 is 0. The van der Waals surface area contributed by atoms with Crippen molar-refractivity contribution < 1.29 is 9.84 Å². The minimum absolute atomic E-state index is 0.234. The summed E-state index contributed by atoms with van der Waals surface area (Å²) in [4.78, 5) is 0. The van der Waals surface area contributed by atoms with Crippen molar-refractivity contribution in [3.05, 3.63) is 24.3 Å². The van der Waals surface area contributed by atoms with Crippen LogP contribution < -0.4 is 10.1 Å². The predicted octanol–water partition coefficient (Wildman–Crippen LogP) is 2.16. The van der Waals surface area contributed by atoms with Gasteiger partial charge in [-0.2, -0.15) is 0 Å². The summed E-state index contributed by atoms with van der Waals surface area (Å²) in [5.41, 5.74) is 0. The maximum absolute atomic E-state index is 9.65. The number of phenolic OH excluding ortho intramolecular Hbond substituents is 1. The van der Waals surface area contributed by atoms with E-state index in [9.17, 15) is 5.11 Å². The minimum atomic E-state index is 0.234. The van der Waals surface area contributed by atoms with Crippen LogP contribution >= 0.6 is 0 Å². The number of ether oxygens (including phenoxy) is 1. The lowest BCUT2D eigenvalue weighted by atomic mass is 10.1. The molecule has 1 atom stereocenters. The third kappa shape index (κ3) is 2.89. The van der Waals surface area contributed by atoms with Crippen LogP contribution in [0.1, 0.15) is 19.3 Å². The molecular weight excluding hydrogens is 202 g/mol. The molecular formula is C13H19NO2. The Morgan fingerprint density at radius 2 is 2.19 bits per heavy atom. The normalized spacial score (nSPS) is 17.1. The SMILES string of the molecule is CNCCC(Oc1ccccc1O)C1CC1. The fourth-order valence-corrected chi connectivity index (χ4v) is 1.87. The maximum Gasteiger partial charge on any atom is 0.161 e. The summed E-state index contributed by atoms with van der Waals surface area (Å²) in [6, 6.07) is 7.18. The van der Waals surface area contributed by atoms with Gasteiger partial charge in [0.15, 0.2) is 11.5 Å². The largest absolute Gasteiger partial charge is 0.504 e. The summed E-state index contributed by atoms with van der Waals surface area (Å²) in [7, 11) is 1.95. The molecule has 1 unspecified atom stereocenters. The van der Waals surface area contributed by atoms with Crippen LogP contribution in [0.2, 0.25) is 0 Å². The van der Waals surface area contributed by atoms with Gasteiger partial charge in [-0.1, -0.05) is 12.1 Å². The molecule has 88 valence electrons. The smallest absolute Gasteiger partial charge is 0.161 e. The molecule has 1 aromatic carbocycles. The number of nitrogens with one attached hydrogen (secondary N) is 1. The van der Waals surface area contributed by atoms with Crippen LogP contribution in [0.3, 0.4) is 0 Å². The van der Waals surface area contributed by atoms with Crippen LogP contribution in [0.4, 0.5) is 0 Å². The molecule has 16 heavy (non-hydrogen) atoms. The second-order valence-electron chi connectivity index (χ2n) is 4.35. The molecule has 0 amide bonds. The quantitative estimate of drug-likeness (QED) is 0.773. The lowest BCUT2D eigenvalue weighted by Gasteiger charge is -2.19. The molecule has 1 aliphatic carbocycles. The van der Waals surface area contributed by atoms with E-state index in [-0.39, 0.29) is 11.9 Å². The third-order valence-corrected chi connectivity index (χ3v) is 2.97. The van der Waals surface area contributed by atoms with Gasteiger partial charge in [-0.3, -0.25) is 0 Å². The highest BCUT2D eigenvalue weighted by Crippen LogP contribution is 2.37. The average Bonchev–Trinajstić information content (AvgIpc) is 3.10. The van der Waals surface area contributed by atoms with Gasteiger partial charge in [-0.15, -0.1) is 0 Å². The number of benzene rings is 1. The van der Waals surface area contributed by atoms with E-state index in [4.69, 9.17) is 4.74 Å². The highest BCUT2D eigenvalue weighted by atomic mass is 16.5. The van der Waals surface area contributed by atoms with Gasteiger partial charge in [-0.05, 0) is 50.9 Å². The molecule has 2 rings (SSSR count). The van der Waals surface area contributed by atoms with E-state index in [1.807, 2.05) is 25.2 Å². The van der Waals surface area contributed by atoms with Crippen molar-refractivity contribution in [2.24, 2.45) is 5.92 Å². The molecule has 3 heteroatoms. The fourth-order valence-electron chi connectivity index (χ4n) is 1.87. The fraction of sp³-hybridized carbons (Fsp3) is 0.538.